The van der Waals surface area contributed by atoms with Gasteiger partial charge in [0.1, 0.15) is 5.69 Å². The van der Waals surface area contributed by atoms with Gasteiger partial charge in [0, 0.05) is 12.2 Å². The fourth-order valence-corrected chi connectivity index (χ4v) is 1.94. The first-order chi connectivity index (χ1) is 8.10. The molecule has 1 aromatic heterocycles. The number of methoxy groups -OCH3 is 1. The van der Waals surface area contributed by atoms with Crippen LogP contribution in [0.3, 0.4) is 0 Å². The standard InChI is InChI=1S/C14H23NO2/c1-5-10-15-12(7-6-11(2)3)8-9-13(15)14(16)17-4/h8-9,11H,5-7,10H2,1-4H3. The van der Waals surface area contributed by atoms with E-state index in [1.54, 1.807) is 0 Å². The summed E-state index contributed by atoms with van der Waals surface area (Å²) in [6.07, 6.45) is 3.19. The molecule has 0 aliphatic carbocycles. The van der Waals surface area contributed by atoms with Crippen LogP contribution in [0, 0.1) is 5.92 Å². The van der Waals surface area contributed by atoms with Crippen LogP contribution in [-0.2, 0) is 17.7 Å². The highest BCUT2D eigenvalue weighted by Crippen LogP contribution is 2.15. The number of aromatic nitrogens is 1. The number of hydrogen-bond acceptors (Lipinski definition) is 2. The van der Waals surface area contributed by atoms with Gasteiger partial charge in [-0.15, -0.1) is 0 Å². The molecule has 17 heavy (non-hydrogen) atoms. The highest BCUT2D eigenvalue weighted by molar-refractivity contribution is 5.87. The molecule has 0 radical (unpaired) electrons. The minimum Gasteiger partial charge on any atom is -0.464 e. The third-order valence-corrected chi connectivity index (χ3v) is 2.89. The van der Waals surface area contributed by atoms with E-state index in [1.807, 2.05) is 12.1 Å². The number of hydrogen-bond donors (Lipinski definition) is 0. The van der Waals surface area contributed by atoms with Gasteiger partial charge in [0.2, 0.25) is 0 Å². The molecule has 0 aliphatic heterocycles. The Bertz CT molecular complexity index is 366. The number of rotatable bonds is 6. The van der Waals surface area contributed by atoms with Gasteiger partial charge in [0.15, 0.2) is 0 Å². The van der Waals surface area contributed by atoms with Gasteiger partial charge in [0.25, 0.3) is 0 Å². The van der Waals surface area contributed by atoms with Crippen molar-refractivity contribution < 1.29 is 9.53 Å². The summed E-state index contributed by atoms with van der Waals surface area (Å²) in [7, 11) is 1.43. The summed E-state index contributed by atoms with van der Waals surface area (Å²) < 4.78 is 6.89. The molecular weight excluding hydrogens is 214 g/mol. The average Bonchev–Trinajstić information content (AvgIpc) is 2.69. The van der Waals surface area contributed by atoms with E-state index < -0.39 is 0 Å². The summed E-state index contributed by atoms with van der Waals surface area (Å²) in [4.78, 5) is 11.6. The summed E-state index contributed by atoms with van der Waals surface area (Å²) in [5, 5.41) is 0. The van der Waals surface area contributed by atoms with E-state index in [1.165, 1.54) is 12.8 Å². The average molecular weight is 237 g/mol. The summed E-state index contributed by atoms with van der Waals surface area (Å²) in [5.74, 6) is 0.441. The number of carbonyl (C=O) groups is 1. The highest BCUT2D eigenvalue weighted by atomic mass is 16.5. The van der Waals surface area contributed by atoms with Crippen LogP contribution < -0.4 is 0 Å². The van der Waals surface area contributed by atoms with E-state index in [2.05, 4.69) is 25.3 Å². The first kappa shape index (κ1) is 13.8. The molecule has 0 N–H and O–H groups in total. The van der Waals surface area contributed by atoms with Crippen molar-refractivity contribution in [1.82, 2.24) is 4.57 Å². The topological polar surface area (TPSA) is 31.2 Å². The van der Waals surface area contributed by atoms with E-state index >= 15 is 0 Å². The van der Waals surface area contributed by atoms with Crippen molar-refractivity contribution in [3.63, 3.8) is 0 Å². The number of aryl methyl sites for hydroxylation is 1. The normalized spacial score (nSPS) is 10.9. The van der Waals surface area contributed by atoms with Crippen molar-refractivity contribution in [3.8, 4) is 0 Å². The molecule has 3 heteroatoms. The van der Waals surface area contributed by atoms with E-state index in [0.717, 1.165) is 25.8 Å². The SMILES string of the molecule is CCCn1c(CCC(C)C)ccc1C(=O)OC. The number of esters is 1. The monoisotopic (exact) mass is 237 g/mol. The summed E-state index contributed by atoms with van der Waals surface area (Å²) >= 11 is 0. The van der Waals surface area contributed by atoms with Crippen LogP contribution in [0.2, 0.25) is 0 Å². The van der Waals surface area contributed by atoms with Crippen LogP contribution in [0.15, 0.2) is 12.1 Å². The first-order valence-corrected chi connectivity index (χ1v) is 6.36. The molecule has 0 spiro atoms. The maximum atomic E-state index is 11.6. The van der Waals surface area contributed by atoms with Gasteiger partial charge in [-0.25, -0.2) is 4.79 Å². The van der Waals surface area contributed by atoms with Crippen LogP contribution >= 0.6 is 0 Å². The van der Waals surface area contributed by atoms with Gasteiger partial charge in [0.05, 0.1) is 7.11 Å². The second-order valence-corrected chi connectivity index (χ2v) is 4.79. The third-order valence-electron chi connectivity index (χ3n) is 2.89. The molecule has 0 fully saturated rings. The molecule has 96 valence electrons. The maximum Gasteiger partial charge on any atom is 0.354 e. The molecule has 3 nitrogen and oxygen atoms in total. The van der Waals surface area contributed by atoms with Crippen molar-refractivity contribution in [2.24, 2.45) is 5.92 Å². The van der Waals surface area contributed by atoms with Gasteiger partial charge in [-0.1, -0.05) is 20.8 Å². The van der Waals surface area contributed by atoms with Crippen molar-refractivity contribution >= 4 is 5.97 Å². The van der Waals surface area contributed by atoms with E-state index in [-0.39, 0.29) is 5.97 Å². The molecule has 1 heterocycles. The predicted octanol–water partition coefficient (Wildman–Crippen LogP) is 3.27. The van der Waals surface area contributed by atoms with Crippen molar-refractivity contribution in [2.75, 3.05) is 7.11 Å². The Labute approximate surface area is 104 Å². The lowest BCUT2D eigenvalue weighted by atomic mass is 10.1. The summed E-state index contributed by atoms with van der Waals surface area (Å²) in [5.41, 5.74) is 1.91. The molecule has 1 aromatic rings. The smallest absolute Gasteiger partial charge is 0.354 e. The quantitative estimate of drug-likeness (QED) is 0.711. The second kappa shape index (κ2) is 6.48. The number of nitrogens with zero attached hydrogens (tertiary/aromatic N) is 1. The van der Waals surface area contributed by atoms with E-state index in [4.69, 9.17) is 4.74 Å². The maximum absolute atomic E-state index is 11.6. The van der Waals surface area contributed by atoms with Crippen LogP contribution in [-0.4, -0.2) is 17.6 Å². The van der Waals surface area contributed by atoms with Gasteiger partial charge in [-0.05, 0) is 37.3 Å². The fraction of sp³-hybridized carbons (Fsp3) is 0.643. The van der Waals surface area contributed by atoms with E-state index in [9.17, 15) is 4.79 Å². The Hall–Kier alpha value is -1.25. The molecule has 0 saturated carbocycles. The van der Waals surface area contributed by atoms with Crippen LogP contribution in [0.25, 0.3) is 0 Å². The third kappa shape index (κ3) is 3.62. The first-order valence-electron chi connectivity index (χ1n) is 6.36. The summed E-state index contributed by atoms with van der Waals surface area (Å²) in [6, 6.07) is 3.92. The highest BCUT2D eigenvalue weighted by Gasteiger charge is 2.14. The molecule has 0 unspecified atom stereocenters. The fourth-order valence-electron chi connectivity index (χ4n) is 1.94. The molecule has 0 aromatic carbocycles. The molecule has 0 atom stereocenters. The summed E-state index contributed by atoms with van der Waals surface area (Å²) in [6.45, 7) is 7.43. The molecular formula is C14H23NO2. The van der Waals surface area contributed by atoms with Crippen molar-refractivity contribution in [3.05, 3.63) is 23.5 Å². The zero-order chi connectivity index (χ0) is 12.8. The minimum absolute atomic E-state index is 0.241. The lowest BCUT2D eigenvalue weighted by Crippen LogP contribution is -2.13. The Morgan fingerprint density at radius 1 is 1.41 bits per heavy atom. The van der Waals surface area contributed by atoms with Gasteiger partial charge in [-0.3, -0.25) is 0 Å². The van der Waals surface area contributed by atoms with Crippen LogP contribution in [0.5, 0.6) is 0 Å². The predicted molar refractivity (Wildman–Crippen MR) is 69.2 cm³/mol. The zero-order valence-electron chi connectivity index (χ0n) is 11.3. The Kier molecular flexibility index (Phi) is 5.26. The minimum atomic E-state index is -0.241. The number of carbonyl (C=O) groups excluding carboxylic acids is 1. The van der Waals surface area contributed by atoms with Crippen molar-refractivity contribution in [2.45, 2.75) is 46.6 Å². The van der Waals surface area contributed by atoms with Gasteiger partial charge >= 0.3 is 5.97 Å². The molecule has 0 bridgehead atoms. The van der Waals surface area contributed by atoms with Gasteiger partial charge in [-0.2, -0.15) is 0 Å². The Balaban J connectivity index is 2.89. The number of ether oxygens (including phenoxy) is 1. The van der Waals surface area contributed by atoms with Crippen molar-refractivity contribution in [1.29, 1.82) is 0 Å². The largest absolute Gasteiger partial charge is 0.464 e. The van der Waals surface area contributed by atoms with Crippen LogP contribution in [0.1, 0.15) is 49.8 Å². The molecule has 1 rings (SSSR count). The lowest BCUT2D eigenvalue weighted by molar-refractivity contribution is 0.0588. The molecule has 0 amide bonds. The zero-order valence-corrected chi connectivity index (χ0v) is 11.3. The Morgan fingerprint density at radius 2 is 2.12 bits per heavy atom. The molecule has 0 saturated heterocycles. The van der Waals surface area contributed by atoms with Crippen LogP contribution in [0.4, 0.5) is 0 Å². The molecule has 0 aliphatic rings. The Morgan fingerprint density at radius 3 is 2.65 bits per heavy atom. The van der Waals surface area contributed by atoms with E-state index in [0.29, 0.717) is 11.6 Å². The second-order valence-electron chi connectivity index (χ2n) is 4.79. The lowest BCUT2D eigenvalue weighted by Gasteiger charge is -2.12. The van der Waals surface area contributed by atoms with Gasteiger partial charge < -0.3 is 9.30 Å².